The van der Waals surface area contributed by atoms with Crippen LogP contribution in [0.4, 0.5) is 0 Å². The average Bonchev–Trinajstić information content (AvgIpc) is 3.35. The molecule has 0 saturated heterocycles. The lowest BCUT2D eigenvalue weighted by atomic mass is 10.1. The summed E-state index contributed by atoms with van der Waals surface area (Å²) >= 11 is 1.54. The van der Waals surface area contributed by atoms with Gasteiger partial charge in [0.15, 0.2) is 17.3 Å². The molecule has 3 amide bonds. The summed E-state index contributed by atoms with van der Waals surface area (Å²) in [5, 5.41) is 2.62. The molecule has 0 aliphatic rings. The topological polar surface area (TPSA) is 119 Å². The van der Waals surface area contributed by atoms with E-state index in [1.54, 1.807) is 18.2 Å². The van der Waals surface area contributed by atoms with Crippen molar-refractivity contribution in [2.75, 3.05) is 25.7 Å². The highest BCUT2D eigenvalue weighted by molar-refractivity contribution is 7.98. The van der Waals surface area contributed by atoms with Gasteiger partial charge in [0.1, 0.15) is 6.04 Å². The molecule has 1 aromatic heterocycles. The lowest BCUT2D eigenvalue weighted by Crippen LogP contribution is -2.52. The maximum Gasteiger partial charge on any atom is 0.287 e. The van der Waals surface area contributed by atoms with E-state index in [-0.39, 0.29) is 11.3 Å². The summed E-state index contributed by atoms with van der Waals surface area (Å²) in [5.74, 6) is 0.620. The van der Waals surface area contributed by atoms with Crippen molar-refractivity contribution < 1.29 is 28.3 Å². The van der Waals surface area contributed by atoms with E-state index < -0.39 is 23.8 Å². The minimum absolute atomic E-state index is 0.101. The lowest BCUT2D eigenvalue weighted by molar-refractivity contribution is -0.123. The largest absolute Gasteiger partial charge is 0.493 e. The quantitative estimate of drug-likeness (QED) is 0.402. The lowest BCUT2D eigenvalue weighted by Gasteiger charge is -2.18. The van der Waals surface area contributed by atoms with E-state index in [0.29, 0.717) is 36.2 Å². The Hall–Kier alpha value is -3.14. The number of rotatable bonds is 12. The molecule has 3 N–H and O–H groups in total. The highest BCUT2D eigenvalue weighted by Crippen LogP contribution is 2.28. The second-order valence-corrected chi connectivity index (χ2v) is 8.61. The summed E-state index contributed by atoms with van der Waals surface area (Å²) in [5.41, 5.74) is 5.03. The van der Waals surface area contributed by atoms with Gasteiger partial charge in [-0.1, -0.05) is 13.8 Å². The van der Waals surface area contributed by atoms with Crippen LogP contribution in [-0.2, 0) is 4.79 Å². The van der Waals surface area contributed by atoms with Gasteiger partial charge in [0.25, 0.3) is 17.7 Å². The summed E-state index contributed by atoms with van der Waals surface area (Å²) in [6.45, 7) is 4.75. The fourth-order valence-corrected chi connectivity index (χ4v) is 3.22. The zero-order valence-corrected chi connectivity index (χ0v) is 20.1. The third-order valence-electron chi connectivity index (χ3n) is 4.66. The number of carbonyl (C=O) groups is 3. The molecule has 1 heterocycles. The molecule has 1 aromatic carbocycles. The van der Waals surface area contributed by atoms with Gasteiger partial charge in [0.2, 0.25) is 0 Å². The van der Waals surface area contributed by atoms with Gasteiger partial charge in [-0.05, 0) is 61.1 Å². The number of carbonyl (C=O) groups excluding carboxylic acids is 3. The van der Waals surface area contributed by atoms with E-state index in [2.05, 4.69) is 30.0 Å². The molecule has 0 bridgehead atoms. The van der Waals surface area contributed by atoms with Gasteiger partial charge in [-0.2, -0.15) is 11.8 Å². The molecule has 0 saturated carbocycles. The Balaban J connectivity index is 1.97. The zero-order valence-electron chi connectivity index (χ0n) is 19.3. The molecule has 1 atom stereocenters. The Morgan fingerprint density at radius 2 is 1.85 bits per heavy atom. The molecule has 33 heavy (non-hydrogen) atoms. The van der Waals surface area contributed by atoms with E-state index in [1.807, 2.05) is 6.26 Å². The highest BCUT2D eigenvalue weighted by atomic mass is 32.2. The second kappa shape index (κ2) is 13.4. The van der Waals surface area contributed by atoms with Crippen LogP contribution in [0.5, 0.6) is 11.5 Å². The predicted octanol–water partition coefficient (Wildman–Crippen LogP) is 3.03. The number of hydrazine groups is 1. The smallest absolute Gasteiger partial charge is 0.287 e. The summed E-state index contributed by atoms with van der Waals surface area (Å²) in [6.07, 6.45) is 4.55. The molecule has 0 aliphatic carbocycles. The molecule has 180 valence electrons. The molecule has 1 unspecified atom stereocenters. The molecule has 9 nitrogen and oxygen atoms in total. The van der Waals surface area contributed by atoms with Crippen molar-refractivity contribution >= 4 is 29.5 Å². The van der Waals surface area contributed by atoms with Crippen LogP contribution in [0.2, 0.25) is 0 Å². The normalized spacial score (nSPS) is 11.5. The van der Waals surface area contributed by atoms with Crippen LogP contribution in [0, 0.1) is 5.92 Å². The maximum absolute atomic E-state index is 12.6. The third kappa shape index (κ3) is 8.38. The highest BCUT2D eigenvalue weighted by Gasteiger charge is 2.23. The van der Waals surface area contributed by atoms with Gasteiger partial charge in [-0.25, -0.2) is 0 Å². The molecule has 0 aliphatic heterocycles. The van der Waals surface area contributed by atoms with Crippen molar-refractivity contribution in [2.45, 2.75) is 32.7 Å². The number of methoxy groups -OCH3 is 1. The second-order valence-electron chi connectivity index (χ2n) is 7.62. The maximum atomic E-state index is 12.6. The fourth-order valence-electron chi connectivity index (χ4n) is 2.75. The van der Waals surface area contributed by atoms with Crippen molar-refractivity contribution in [2.24, 2.45) is 5.92 Å². The van der Waals surface area contributed by atoms with Gasteiger partial charge in [-0.15, -0.1) is 0 Å². The fraction of sp³-hybridized carbons (Fsp3) is 0.435. The number of nitrogens with one attached hydrogen (secondary N) is 3. The Labute approximate surface area is 197 Å². The van der Waals surface area contributed by atoms with E-state index in [1.165, 1.54) is 37.3 Å². The molecule has 10 heteroatoms. The number of hydrogen-bond acceptors (Lipinski definition) is 7. The first-order chi connectivity index (χ1) is 15.8. The molecule has 2 rings (SSSR count). The van der Waals surface area contributed by atoms with E-state index in [0.717, 1.165) is 6.42 Å². The first-order valence-corrected chi connectivity index (χ1v) is 12.0. The van der Waals surface area contributed by atoms with Crippen LogP contribution < -0.4 is 25.6 Å². The average molecular weight is 478 g/mol. The number of ether oxygens (including phenoxy) is 2. The zero-order chi connectivity index (χ0) is 24.2. The summed E-state index contributed by atoms with van der Waals surface area (Å²) in [7, 11) is 1.49. The monoisotopic (exact) mass is 477 g/mol. The predicted molar refractivity (Wildman–Crippen MR) is 127 cm³/mol. The van der Waals surface area contributed by atoms with Crippen LogP contribution >= 0.6 is 11.8 Å². The minimum Gasteiger partial charge on any atom is -0.493 e. The van der Waals surface area contributed by atoms with Gasteiger partial charge in [-0.3, -0.25) is 25.2 Å². The molecule has 0 radical (unpaired) electrons. The van der Waals surface area contributed by atoms with Crippen molar-refractivity contribution in [1.82, 2.24) is 16.2 Å². The van der Waals surface area contributed by atoms with Crippen molar-refractivity contribution in [1.29, 1.82) is 0 Å². The standard InChI is InChI=1S/C23H31N3O6S/c1-15(2)9-12-32-18-8-7-16(14-20(18)30-3)21(27)25-26-22(28)17(10-13-33-4)24-23(29)19-6-5-11-31-19/h5-8,11,14-15,17H,9-10,12-13H2,1-4H3,(H,24,29)(H,25,27)(H,26,28). The Morgan fingerprint density at radius 3 is 2.48 bits per heavy atom. The minimum atomic E-state index is -0.846. The Kier molecular flexibility index (Phi) is 10.6. The third-order valence-corrected chi connectivity index (χ3v) is 5.30. The number of thioether (sulfide) groups is 1. The van der Waals surface area contributed by atoms with Crippen LogP contribution in [0.25, 0.3) is 0 Å². The number of hydrogen-bond donors (Lipinski definition) is 3. The van der Waals surface area contributed by atoms with Crippen molar-refractivity contribution in [3.8, 4) is 11.5 Å². The van der Waals surface area contributed by atoms with Gasteiger partial charge >= 0.3 is 0 Å². The SMILES string of the molecule is COc1cc(C(=O)NNC(=O)C(CCSC)NC(=O)c2ccco2)ccc1OCCC(C)C. The van der Waals surface area contributed by atoms with Crippen LogP contribution in [-0.4, -0.2) is 49.5 Å². The summed E-state index contributed by atoms with van der Waals surface area (Å²) < 4.78 is 16.1. The van der Waals surface area contributed by atoms with Crippen molar-refractivity contribution in [3.63, 3.8) is 0 Å². The van der Waals surface area contributed by atoms with Crippen LogP contribution in [0.15, 0.2) is 41.0 Å². The number of furan rings is 1. The van der Waals surface area contributed by atoms with Crippen LogP contribution in [0.3, 0.4) is 0 Å². The number of amides is 3. The molecule has 0 spiro atoms. The van der Waals surface area contributed by atoms with E-state index >= 15 is 0 Å². The molecular formula is C23H31N3O6S. The van der Waals surface area contributed by atoms with Crippen molar-refractivity contribution in [3.05, 3.63) is 47.9 Å². The van der Waals surface area contributed by atoms with Gasteiger partial charge < -0.3 is 19.2 Å². The Bertz CT molecular complexity index is 917. The van der Waals surface area contributed by atoms with E-state index in [4.69, 9.17) is 13.9 Å². The molecular weight excluding hydrogens is 446 g/mol. The van der Waals surface area contributed by atoms with Gasteiger partial charge in [0.05, 0.1) is 20.0 Å². The molecule has 0 fully saturated rings. The first kappa shape index (κ1) is 26.1. The molecule has 2 aromatic rings. The first-order valence-electron chi connectivity index (χ1n) is 10.6. The summed E-state index contributed by atoms with van der Waals surface area (Å²) in [4.78, 5) is 37.4. The van der Waals surface area contributed by atoms with Crippen LogP contribution in [0.1, 0.15) is 47.6 Å². The van der Waals surface area contributed by atoms with E-state index in [9.17, 15) is 14.4 Å². The van der Waals surface area contributed by atoms with Gasteiger partial charge in [0, 0.05) is 5.56 Å². The Morgan fingerprint density at radius 1 is 1.06 bits per heavy atom. The summed E-state index contributed by atoms with van der Waals surface area (Å²) in [6, 6.07) is 7.02. The number of benzene rings is 1.